The second-order valence-corrected chi connectivity index (χ2v) is 6.93. The standard InChI is InChI=1S/C21H30ClN/c1-2-3-4-5-6-7-8-9-10-11-16-20-19-15-13-12-14-18(19)17-21(22)23-20/h12-15,17H,2-11,16H2,1H3. The first-order valence-electron chi connectivity index (χ1n) is 9.35. The molecule has 1 heterocycles. The van der Waals surface area contributed by atoms with Gasteiger partial charge in [-0.1, -0.05) is 101 Å². The van der Waals surface area contributed by atoms with Crippen molar-refractivity contribution in [1.82, 2.24) is 4.98 Å². The third kappa shape index (κ3) is 6.51. The summed E-state index contributed by atoms with van der Waals surface area (Å²) in [5, 5.41) is 3.08. The predicted octanol–water partition coefficient (Wildman–Crippen LogP) is 7.35. The maximum atomic E-state index is 6.15. The molecule has 0 unspecified atom stereocenters. The zero-order valence-corrected chi connectivity index (χ0v) is 15.2. The van der Waals surface area contributed by atoms with Crippen LogP contribution in [-0.4, -0.2) is 4.98 Å². The number of hydrogen-bond donors (Lipinski definition) is 0. The van der Waals surface area contributed by atoms with E-state index < -0.39 is 0 Å². The van der Waals surface area contributed by atoms with Gasteiger partial charge in [-0.25, -0.2) is 4.98 Å². The van der Waals surface area contributed by atoms with E-state index in [4.69, 9.17) is 11.6 Å². The van der Waals surface area contributed by atoms with Crippen molar-refractivity contribution in [3.63, 3.8) is 0 Å². The van der Waals surface area contributed by atoms with Crippen molar-refractivity contribution in [2.45, 2.75) is 77.6 Å². The number of benzene rings is 1. The van der Waals surface area contributed by atoms with Crippen molar-refractivity contribution in [2.24, 2.45) is 0 Å². The quantitative estimate of drug-likeness (QED) is 0.310. The van der Waals surface area contributed by atoms with E-state index >= 15 is 0 Å². The molecule has 0 radical (unpaired) electrons. The molecule has 0 aliphatic rings. The Bertz CT molecular complexity index is 579. The van der Waals surface area contributed by atoms with Crippen molar-refractivity contribution in [3.05, 3.63) is 41.2 Å². The molecule has 0 amide bonds. The lowest BCUT2D eigenvalue weighted by Crippen LogP contribution is -1.93. The molecule has 0 N–H and O–H groups in total. The molecule has 2 rings (SSSR count). The smallest absolute Gasteiger partial charge is 0.129 e. The van der Waals surface area contributed by atoms with Crippen LogP contribution in [0.15, 0.2) is 30.3 Å². The molecule has 0 spiro atoms. The third-order valence-corrected chi connectivity index (χ3v) is 4.75. The number of aryl methyl sites for hydroxylation is 1. The SMILES string of the molecule is CCCCCCCCCCCCc1nc(Cl)cc2ccccc12. The van der Waals surface area contributed by atoms with E-state index in [1.165, 1.54) is 75.0 Å². The Morgan fingerprint density at radius 2 is 1.43 bits per heavy atom. The highest BCUT2D eigenvalue weighted by Gasteiger charge is 2.04. The first kappa shape index (κ1) is 18.3. The van der Waals surface area contributed by atoms with E-state index in [0.717, 1.165) is 12.1 Å². The van der Waals surface area contributed by atoms with E-state index in [9.17, 15) is 0 Å². The molecule has 0 atom stereocenters. The average molecular weight is 332 g/mol. The molecule has 0 bridgehead atoms. The number of unbranched alkanes of at least 4 members (excludes halogenated alkanes) is 9. The fraction of sp³-hybridized carbons (Fsp3) is 0.571. The molecule has 126 valence electrons. The number of pyridine rings is 1. The fourth-order valence-electron chi connectivity index (χ4n) is 3.21. The van der Waals surface area contributed by atoms with Crippen LogP contribution in [0.1, 0.15) is 76.8 Å². The largest absolute Gasteiger partial charge is 0.240 e. The van der Waals surface area contributed by atoms with Gasteiger partial charge in [0, 0.05) is 11.1 Å². The Hall–Kier alpha value is -1.08. The third-order valence-electron chi connectivity index (χ3n) is 4.56. The molecule has 0 fully saturated rings. The van der Waals surface area contributed by atoms with Crippen molar-refractivity contribution in [1.29, 1.82) is 0 Å². The highest BCUT2D eigenvalue weighted by molar-refractivity contribution is 6.30. The normalized spacial score (nSPS) is 11.2. The Balaban J connectivity index is 1.65. The zero-order valence-electron chi connectivity index (χ0n) is 14.5. The summed E-state index contributed by atoms with van der Waals surface area (Å²) in [7, 11) is 0. The van der Waals surface area contributed by atoms with Crippen LogP contribution in [0.25, 0.3) is 10.8 Å². The minimum absolute atomic E-state index is 0.616. The molecule has 0 saturated heterocycles. The molecule has 1 nitrogen and oxygen atoms in total. The summed E-state index contributed by atoms with van der Waals surface area (Å²) >= 11 is 6.15. The van der Waals surface area contributed by atoms with Gasteiger partial charge in [-0.05, 0) is 24.3 Å². The Morgan fingerprint density at radius 3 is 2.13 bits per heavy atom. The van der Waals surface area contributed by atoms with Gasteiger partial charge >= 0.3 is 0 Å². The first-order valence-corrected chi connectivity index (χ1v) is 9.73. The summed E-state index contributed by atoms with van der Waals surface area (Å²) in [6.07, 6.45) is 14.7. The average Bonchev–Trinajstić information content (AvgIpc) is 2.56. The van der Waals surface area contributed by atoms with Gasteiger partial charge in [0.15, 0.2) is 0 Å². The Labute approximate surface area is 146 Å². The molecular weight excluding hydrogens is 302 g/mol. The zero-order chi connectivity index (χ0) is 16.3. The summed E-state index contributed by atoms with van der Waals surface area (Å²) in [4.78, 5) is 4.54. The Kier molecular flexibility index (Phi) is 8.46. The van der Waals surface area contributed by atoms with Crippen LogP contribution < -0.4 is 0 Å². The number of nitrogens with zero attached hydrogens (tertiary/aromatic N) is 1. The van der Waals surface area contributed by atoms with Gasteiger partial charge in [-0.15, -0.1) is 0 Å². The van der Waals surface area contributed by atoms with Gasteiger partial charge in [-0.3, -0.25) is 0 Å². The van der Waals surface area contributed by atoms with Crippen molar-refractivity contribution in [2.75, 3.05) is 0 Å². The van der Waals surface area contributed by atoms with Gasteiger partial charge in [0.2, 0.25) is 0 Å². The molecule has 0 aliphatic heterocycles. The molecular formula is C21H30ClN. The van der Waals surface area contributed by atoms with E-state index in [-0.39, 0.29) is 0 Å². The fourth-order valence-corrected chi connectivity index (χ4v) is 3.43. The summed E-state index contributed by atoms with van der Waals surface area (Å²) in [6.45, 7) is 2.28. The van der Waals surface area contributed by atoms with E-state index in [0.29, 0.717) is 5.15 Å². The maximum Gasteiger partial charge on any atom is 0.129 e. The van der Waals surface area contributed by atoms with Crippen LogP contribution in [0.5, 0.6) is 0 Å². The van der Waals surface area contributed by atoms with Crippen molar-refractivity contribution < 1.29 is 0 Å². The van der Waals surface area contributed by atoms with Crippen LogP contribution >= 0.6 is 11.6 Å². The molecule has 1 aromatic carbocycles. The lowest BCUT2D eigenvalue weighted by Gasteiger charge is -2.07. The molecule has 23 heavy (non-hydrogen) atoms. The topological polar surface area (TPSA) is 12.9 Å². The van der Waals surface area contributed by atoms with Gasteiger partial charge in [0.05, 0.1) is 0 Å². The van der Waals surface area contributed by atoms with Crippen LogP contribution in [0.4, 0.5) is 0 Å². The molecule has 0 aliphatic carbocycles. The van der Waals surface area contributed by atoms with Gasteiger partial charge < -0.3 is 0 Å². The maximum absolute atomic E-state index is 6.15. The second-order valence-electron chi connectivity index (χ2n) is 6.54. The first-order chi connectivity index (χ1) is 11.3. The number of aromatic nitrogens is 1. The van der Waals surface area contributed by atoms with Crippen LogP contribution in [0.2, 0.25) is 5.15 Å². The number of rotatable bonds is 11. The number of hydrogen-bond acceptors (Lipinski definition) is 1. The van der Waals surface area contributed by atoms with Gasteiger partial charge in [-0.2, -0.15) is 0 Å². The van der Waals surface area contributed by atoms with Crippen molar-refractivity contribution >= 4 is 22.4 Å². The predicted molar refractivity (Wildman–Crippen MR) is 102 cm³/mol. The lowest BCUT2D eigenvalue weighted by atomic mass is 10.0. The molecule has 2 aromatic rings. The summed E-state index contributed by atoms with van der Waals surface area (Å²) in [6, 6.07) is 10.4. The molecule has 2 heteroatoms. The van der Waals surface area contributed by atoms with Crippen LogP contribution in [-0.2, 0) is 6.42 Å². The van der Waals surface area contributed by atoms with E-state index in [1.807, 2.05) is 6.07 Å². The van der Waals surface area contributed by atoms with Crippen molar-refractivity contribution in [3.8, 4) is 0 Å². The van der Waals surface area contributed by atoms with E-state index in [1.54, 1.807) is 0 Å². The minimum atomic E-state index is 0.616. The molecule has 1 aromatic heterocycles. The van der Waals surface area contributed by atoms with E-state index in [2.05, 4.69) is 36.2 Å². The minimum Gasteiger partial charge on any atom is -0.240 e. The highest BCUT2D eigenvalue weighted by atomic mass is 35.5. The number of fused-ring (bicyclic) bond motifs is 1. The van der Waals surface area contributed by atoms with Gasteiger partial charge in [0.25, 0.3) is 0 Å². The lowest BCUT2D eigenvalue weighted by molar-refractivity contribution is 0.556. The van der Waals surface area contributed by atoms with Crippen LogP contribution in [0, 0.1) is 0 Å². The highest BCUT2D eigenvalue weighted by Crippen LogP contribution is 2.22. The van der Waals surface area contributed by atoms with Crippen LogP contribution in [0.3, 0.4) is 0 Å². The Morgan fingerprint density at radius 1 is 0.826 bits per heavy atom. The monoisotopic (exact) mass is 331 g/mol. The number of halogens is 1. The van der Waals surface area contributed by atoms with Gasteiger partial charge in [0.1, 0.15) is 5.15 Å². The molecule has 0 saturated carbocycles. The second kappa shape index (κ2) is 10.6. The summed E-state index contributed by atoms with van der Waals surface area (Å²) in [5.74, 6) is 0. The summed E-state index contributed by atoms with van der Waals surface area (Å²) in [5.41, 5.74) is 1.16. The summed E-state index contributed by atoms with van der Waals surface area (Å²) < 4.78 is 0.